The standard InChI is InChI=1S/C12H25NO2/c1-3-11(10-14-2)13-8-9-15-12-6-4-5-7-12/h11-13H,3-10H2,1-2H3. The second-order valence-electron chi connectivity index (χ2n) is 4.29. The van der Waals surface area contributed by atoms with Gasteiger partial charge in [0.15, 0.2) is 0 Å². The second kappa shape index (κ2) is 8.08. The largest absolute Gasteiger partial charge is 0.383 e. The Bertz CT molecular complexity index is 147. The molecule has 1 aliphatic rings. The van der Waals surface area contributed by atoms with Gasteiger partial charge in [-0.3, -0.25) is 0 Å². The van der Waals surface area contributed by atoms with Crippen molar-refractivity contribution in [3.05, 3.63) is 0 Å². The normalized spacial score (nSPS) is 19.6. The zero-order valence-electron chi connectivity index (χ0n) is 10.1. The van der Waals surface area contributed by atoms with E-state index in [2.05, 4.69) is 12.2 Å². The lowest BCUT2D eigenvalue weighted by molar-refractivity contribution is 0.0568. The van der Waals surface area contributed by atoms with Gasteiger partial charge in [-0.05, 0) is 19.3 Å². The molecule has 0 aromatic rings. The van der Waals surface area contributed by atoms with Crippen LogP contribution in [0.15, 0.2) is 0 Å². The molecule has 0 heterocycles. The highest BCUT2D eigenvalue weighted by molar-refractivity contribution is 4.68. The molecule has 3 heteroatoms. The maximum atomic E-state index is 5.77. The van der Waals surface area contributed by atoms with Crippen LogP contribution in [0.2, 0.25) is 0 Å². The van der Waals surface area contributed by atoms with E-state index < -0.39 is 0 Å². The lowest BCUT2D eigenvalue weighted by Crippen LogP contribution is -2.35. The molecule has 90 valence electrons. The zero-order chi connectivity index (χ0) is 10.9. The van der Waals surface area contributed by atoms with Crippen molar-refractivity contribution in [2.24, 2.45) is 0 Å². The minimum Gasteiger partial charge on any atom is -0.383 e. The number of nitrogens with one attached hydrogen (secondary N) is 1. The summed E-state index contributed by atoms with van der Waals surface area (Å²) in [6.07, 6.45) is 6.86. The summed E-state index contributed by atoms with van der Waals surface area (Å²) in [5, 5.41) is 3.44. The van der Waals surface area contributed by atoms with Crippen molar-refractivity contribution in [3.8, 4) is 0 Å². The fourth-order valence-corrected chi connectivity index (χ4v) is 2.07. The van der Waals surface area contributed by atoms with Crippen LogP contribution in [0.1, 0.15) is 39.0 Å². The molecule has 1 unspecified atom stereocenters. The summed E-state index contributed by atoms with van der Waals surface area (Å²) >= 11 is 0. The van der Waals surface area contributed by atoms with Crippen LogP contribution in [0.25, 0.3) is 0 Å². The van der Waals surface area contributed by atoms with Gasteiger partial charge in [-0.25, -0.2) is 0 Å². The van der Waals surface area contributed by atoms with Crippen LogP contribution in [-0.4, -0.2) is 39.0 Å². The summed E-state index contributed by atoms with van der Waals surface area (Å²) in [7, 11) is 1.75. The average Bonchev–Trinajstić information content (AvgIpc) is 2.75. The van der Waals surface area contributed by atoms with Crippen molar-refractivity contribution in [3.63, 3.8) is 0 Å². The van der Waals surface area contributed by atoms with Crippen molar-refractivity contribution >= 4 is 0 Å². The topological polar surface area (TPSA) is 30.5 Å². The van der Waals surface area contributed by atoms with E-state index in [1.54, 1.807) is 7.11 Å². The van der Waals surface area contributed by atoms with E-state index in [0.717, 1.165) is 26.2 Å². The lowest BCUT2D eigenvalue weighted by atomic mass is 10.2. The third-order valence-electron chi connectivity index (χ3n) is 3.05. The molecule has 0 amide bonds. The Hall–Kier alpha value is -0.120. The lowest BCUT2D eigenvalue weighted by Gasteiger charge is -2.17. The Kier molecular flexibility index (Phi) is 6.98. The highest BCUT2D eigenvalue weighted by Crippen LogP contribution is 2.20. The Morgan fingerprint density at radius 1 is 1.33 bits per heavy atom. The first-order chi connectivity index (χ1) is 7.36. The van der Waals surface area contributed by atoms with Gasteiger partial charge in [-0.15, -0.1) is 0 Å². The van der Waals surface area contributed by atoms with Crippen molar-refractivity contribution < 1.29 is 9.47 Å². The Morgan fingerprint density at radius 2 is 2.07 bits per heavy atom. The predicted octanol–water partition coefficient (Wildman–Crippen LogP) is 1.96. The summed E-state index contributed by atoms with van der Waals surface area (Å²) in [6, 6.07) is 0.474. The van der Waals surface area contributed by atoms with Crippen LogP contribution in [0.5, 0.6) is 0 Å². The molecule has 0 aromatic heterocycles. The number of ether oxygens (including phenoxy) is 2. The van der Waals surface area contributed by atoms with Crippen LogP contribution in [0.4, 0.5) is 0 Å². The molecule has 1 rings (SSSR count). The van der Waals surface area contributed by atoms with Crippen molar-refractivity contribution in [2.45, 2.75) is 51.2 Å². The highest BCUT2D eigenvalue weighted by Gasteiger charge is 2.14. The fourth-order valence-electron chi connectivity index (χ4n) is 2.07. The molecule has 1 aliphatic carbocycles. The van der Waals surface area contributed by atoms with Crippen LogP contribution in [0.3, 0.4) is 0 Å². The fraction of sp³-hybridized carbons (Fsp3) is 1.00. The Balaban J connectivity index is 1.94. The quantitative estimate of drug-likeness (QED) is 0.628. The van der Waals surface area contributed by atoms with Crippen LogP contribution in [0, 0.1) is 0 Å². The smallest absolute Gasteiger partial charge is 0.0615 e. The van der Waals surface area contributed by atoms with Gasteiger partial charge in [-0.1, -0.05) is 19.8 Å². The minimum absolute atomic E-state index is 0.474. The van der Waals surface area contributed by atoms with E-state index in [4.69, 9.17) is 9.47 Å². The minimum atomic E-state index is 0.474. The molecule has 0 aromatic carbocycles. The number of hydrogen-bond acceptors (Lipinski definition) is 3. The molecule has 0 spiro atoms. The molecular formula is C12H25NO2. The van der Waals surface area contributed by atoms with E-state index in [1.165, 1.54) is 25.7 Å². The summed E-state index contributed by atoms with van der Waals surface area (Å²) in [5.41, 5.74) is 0. The molecule has 1 saturated carbocycles. The van der Waals surface area contributed by atoms with Gasteiger partial charge < -0.3 is 14.8 Å². The van der Waals surface area contributed by atoms with Crippen molar-refractivity contribution in [2.75, 3.05) is 26.9 Å². The van der Waals surface area contributed by atoms with E-state index >= 15 is 0 Å². The average molecular weight is 215 g/mol. The number of rotatable bonds is 8. The molecule has 0 saturated heterocycles. The van der Waals surface area contributed by atoms with Gasteiger partial charge in [0.05, 0.1) is 19.3 Å². The first-order valence-corrected chi connectivity index (χ1v) is 6.20. The molecule has 0 aliphatic heterocycles. The van der Waals surface area contributed by atoms with Gasteiger partial charge in [0.25, 0.3) is 0 Å². The molecular weight excluding hydrogens is 190 g/mol. The number of hydrogen-bond donors (Lipinski definition) is 1. The van der Waals surface area contributed by atoms with E-state index in [1.807, 2.05) is 0 Å². The van der Waals surface area contributed by atoms with E-state index in [-0.39, 0.29) is 0 Å². The summed E-state index contributed by atoms with van der Waals surface area (Å²) in [5.74, 6) is 0. The first-order valence-electron chi connectivity index (χ1n) is 6.20. The maximum Gasteiger partial charge on any atom is 0.0615 e. The van der Waals surface area contributed by atoms with Gasteiger partial charge in [-0.2, -0.15) is 0 Å². The predicted molar refractivity (Wildman–Crippen MR) is 62.2 cm³/mol. The molecule has 1 N–H and O–H groups in total. The molecule has 15 heavy (non-hydrogen) atoms. The molecule has 0 radical (unpaired) electrons. The third-order valence-corrected chi connectivity index (χ3v) is 3.05. The van der Waals surface area contributed by atoms with Gasteiger partial charge >= 0.3 is 0 Å². The van der Waals surface area contributed by atoms with E-state index in [9.17, 15) is 0 Å². The van der Waals surface area contributed by atoms with Crippen molar-refractivity contribution in [1.29, 1.82) is 0 Å². The second-order valence-corrected chi connectivity index (χ2v) is 4.29. The van der Waals surface area contributed by atoms with Crippen LogP contribution < -0.4 is 5.32 Å². The summed E-state index contributed by atoms with van der Waals surface area (Å²) in [4.78, 5) is 0. The van der Waals surface area contributed by atoms with E-state index in [0.29, 0.717) is 12.1 Å². The summed E-state index contributed by atoms with van der Waals surface area (Å²) in [6.45, 7) is 4.75. The third kappa shape index (κ3) is 5.50. The monoisotopic (exact) mass is 215 g/mol. The molecule has 1 atom stereocenters. The van der Waals surface area contributed by atoms with Crippen LogP contribution >= 0.6 is 0 Å². The Morgan fingerprint density at radius 3 is 2.67 bits per heavy atom. The van der Waals surface area contributed by atoms with Gasteiger partial charge in [0, 0.05) is 19.7 Å². The molecule has 1 fully saturated rings. The molecule has 0 bridgehead atoms. The first kappa shape index (κ1) is 12.9. The number of methoxy groups -OCH3 is 1. The van der Waals surface area contributed by atoms with Gasteiger partial charge in [0.1, 0.15) is 0 Å². The Labute approximate surface area is 93.5 Å². The highest BCUT2D eigenvalue weighted by atomic mass is 16.5. The van der Waals surface area contributed by atoms with Crippen molar-refractivity contribution in [1.82, 2.24) is 5.32 Å². The molecule has 3 nitrogen and oxygen atoms in total. The van der Waals surface area contributed by atoms with Crippen LogP contribution in [-0.2, 0) is 9.47 Å². The van der Waals surface area contributed by atoms with Gasteiger partial charge in [0.2, 0.25) is 0 Å². The SMILES string of the molecule is CCC(COC)NCCOC1CCCC1. The zero-order valence-corrected chi connectivity index (χ0v) is 10.1. The summed E-state index contributed by atoms with van der Waals surface area (Å²) < 4.78 is 10.9. The maximum absolute atomic E-state index is 5.77.